The normalized spacial score (nSPS) is 11.9. The first kappa shape index (κ1) is 70.6. The van der Waals surface area contributed by atoms with Gasteiger partial charge in [0.1, 0.15) is 0 Å². The molecule has 0 fully saturated rings. The molecule has 26 rings (SSSR count). The maximum absolute atomic E-state index is 2.41. The van der Waals surface area contributed by atoms with E-state index < -0.39 is 0 Å². The highest BCUT2D eigenvalue weighted by Crippen LogP contribution is 2.46. The van der Waals surface area contributed by atoms with E-state index in [2.05, 4.69) is 479 Å². The molecular weight excluding hydrogens is 1500 g/mol. The molecular formula is C120H76N4. The Labute approximate surface area is 715 Å². The fourth-order valence-electron chi connectivity index (χ4n) is 20.4. The minimum Gasteiger partial charge on any atom is -0.309 e. The quantitative estimate of drug-likeness (QED) is 0.122. The van der Waals surface area contributed by atoms with Gasteiger partial charge in [0.2, 0.25) is 0 Å². The molecule has 0 aliphatic rings. The molecule has 0 unspecified atom stereocenters. The Bertz CT molecular complexity index is 8820. The zero-order valence-electron chi connectivity index (χ0n) is 67.7. The van der Waals surface area contributed by atoms with Gasteiger partial charge < -0.3 is 18.3 Å². The summed E-state index contributed by atoms with van der Waals surface area (Å²) in [6, 6.07) is 169. The summed E-state index contributed by atoms with van der Waals surface area (Å²) in [5.41, 5.74) is 28.9. The Morgan fingerprint density at radius 1 is 0.113 bits per heavy atom. The van der Waals surface area contributed by atoms with Crippen LogP contribution in [0.25, 0.3) is 241 Å². The smallest absolute Gasteiger partial charge is 0.0541 e. The van der Waals surface area contributed by atoms with Gasteiger partial charge >= 0.3 is 0 Å². The van der Waals surface area contributed by atoms with Crippen LogP contribution in [-0.4, -0.2) is 18.3 Å². The van der Waals surface area contributed by atoms with Crippen LogP contribution in [0.4, 0.5) is 0 Å². The molecule has 576 valence electrons. The minimum absolute atomic E-state index is 1.15. The first-order chi connectivity index (χ1) is 61.5. The predicted molar refractivity (Wildman–Crippen MR) is 528 cm³/mol. The molecule has 0 bridgehead atoms. The van der Waals surface area contributed by atoms with Gasteiger partial charge in [0.25, 0.3) is 0 Å². The average Bonchev–Trinajstić information content (AvgIpc) is 1.22. The average molecular weight is 1570 g/mol. The standard InChI is InChI=1S/2C60H38N2/c1-2-16-46(17-3-1)61-56-23-10-8-20-50(56)54-36-42(29-33-58(54)61)43-30-34-59-55(37-43)51-21-9-11-24-57(51)62(59)47-31-27-39(28-32-47)41-14-12-15-44(35-41)53-38-45-26-25-40-13-4-5-18-48(40)60(45)52-22-7-6-19-49(52)53;1-2-13-46(14-3-1)61-56-20-10-8-17-50(56)54-36-43(30-34-58(54)61)44-31-35-59-55(37-44)51-18-9-11-21-57(51)62(59)47-32-28-40(29-33-47)39-22-24-42(25-23-39)53-38-45-27-26-41-12-4-5-15-48(41)60(45)52-19-7-6-16-49(52)53/h2*1-38H. The van der Waals surface area contributed by atoms with E-state index in [9.17, 15) is 0 Å². The predicted octanol–water partition coefficient (Wildman–Crippen LogP) is 32.7. The van der Waals surface area contributed by atoms with Crippen molar-refractivity contribution in [2.45, 2.75) is 0 Å². The van der Waals surface area contributed by atoms with Crippen molar-refractivity contribution in [1.29, 1.82) is 0 Å². The van der Waals surface area contributed by atoms with Crippen molar-refractivity contribution in [3.63, 3.8) is 0 Å². The summed E-state index contributed by atoms with van der Waals surface area (Å²) in [5.74, 6) is 0. The van der Waals surface area contributed by atoms with Crippen LogP contribution in [0, 0.1) is 0 Å². The Morgan fingerprint density at radius 2 is 0.363 bits per heavy atom. The molecule has 4 aromatic heterocycles. The van der Waals surface area contributed by atoms with Gasteiger partial charge in [0, 0.05) is 65.8 Å². The number of nitrogens with zero attached hydrogens (tertiary/aromatic N) is 4. The molecule has 4 heterocycles. The molecule has 22 aromatic carbocycles. The molecule has 0 atom stereocenters. The van der Waals surface area contributed by atoms with E-state index >= 15 is 0 Å². The van der Waals surface area contributed by atoms with Crippen LogP contribution in [0.15, 0.2) is 461 Å². The topological polar surface area (TPSA) is 19.7 Å². The van der Waals surface area contributed by atoms with Gasteiger partial charge in [-0.25, -0.2) is 0 Å². The van der Waals surface area contributed by atoms with E-state index in [1.54, 1.807) is 0 Å². The zero-order valence-corrected chi connectivity index (χ0v) is 67.7. The highest BCUT2D eigenvalue weighted by Gasteiger charge is 2.22. The number of hydrogen-bond acceptors (Lipinski definition) is 0. The van der Waals surface area contributed by atoms with Gasteiger partial charge in [-0.3, -0.25) is 0 Å². The fraction of sp³-hybridized carbons (Fsp3) is 0. The summed E-state index contributed by atoms with van der Waals surface area (Å²) in [5, 5.41) is 25.5. The lowest BCUT2D eigenvalue weighted by atomic mass is 9.90. The first-order valence-corrected chi connectivity index (χ1v) is 42.8. The molecule has 26 aromatic rings. The van der Waals surface area contributed by atoms with Gasteiger partial charge in [0.05, 0.1) is 44.1 Å². The van der Waals surface area contributed by atoms with E-state index in [0.29, 0.717) is 0 Å². The van der Waals surface area contributed by atoms with Crippen molar-refractivity contribution in [2.24, 2.45) is 0 Å². The van der Waals surface area contributed by atoms with Crippen molar-refractivity contribution in [1.82, 2.24) is 18.3 Å². The molecule has 124 heavy (non-hydrogen) atoms. The second-order valence-corrected chi connectivity index (χ2v) is 33.0. The Morgan fingerprint density at radius 3 is 0.742 bits per heavy atom. The zero-order chi connectivity index (χ0) is 81.5. The second kappa shape index (κ2) is 28.7. The summed E-state index contributed by atoms with van der Waals surface area (Å²) in [7, 11) is 0. The summed E-state index contributed by atoms with van der Waals surface area (Å²) in [6.07, 6.45) is 0. The number of aromatic nitrogens is 4. The Kier molecular flexibility index (Phi) is 16.3. The van der Waals surface area contributed by atoms with Crippen LogP contribution in [0.1, 0.15) is 0 Å². The molecule has 4 nitrogen and oxygen atoms in total. The van der Waals surface area contributed by atoms with Crippen LogP contribution < -0.4 is 0 Å². The first-order valence-electron chi connectivity index (χ1n) is 42.8. The van der Waals surface area contributed by atoms with Gasteiger partial charge in [-0.05, 0) is 271 Å². The molecule has 0 saturated carbocycles. The fourth-order valence-corrected chi connectivity index (χ4v) is 20.4. The number of benzene rings is 22. The maximum atomic E-state index is 2.41. The van der Waals surface area contributed by atoms with Crippen molar-refractivity contribution in [2.75, 3.05) is 0 Å². The molecule has 0 radical (unpaired) electrons. The molecule has 0 saturated heterocycles. The summed E-state index contributed by atoms with van der Waals surface area (Å²) >= 11 is 0. The van der Waals surface area contributed by atoms with Crippen molar-refractivity contribution < 1.29 is 0 Å². The van der Waals surface area contributed by atoms with E-state index in [4.69, 9.17) is 0 Å². The Balaban J connectivity index is 0.000000136. The third-order valence-corrected chi connectivity index (χ3v) is 26.2. The van der Waals surface area contributed by atoms with Crippen LogP contribution in [0.2, 0.25) is 0 Å². The maximum Gasteiger partial charge on any atom is 0.0541 e. The largest absolute Gasteiger partial charge is 0.309 e. The van der Waals surface area contributed by atoms with Crippen LogP contribution in [0.3, 0.4) is 0 Å². The van der Waals surface area contributed by atoms with Crippen LogP contribution in [0.5, 0.6) is 0 Å². The van der Waals surface area contributed by atoms with Crippen molar-refractivity contribution in [3.05, 3.63) is 461 Å². The van der Waals surface area contributed by atoms with Gasteiger partial charge in [-0.15, -0.1) is 0 Å². The number of fused-ring (bicyclic) bond motifs is 22. The third kappa shape index (κ3) is 11.5. The number of hydrogen-bond donors (Lipinski definition) is 0. The summed E-state index contributed by atoms with van der Waals surface area (Å²) in [4.78, 5) is 0. The highest BCUT2D eigenvalue weighted by molar-refractivity contribution is 6.25. The molecule has 0 amide bonds. The van der Waals surface area contributed by atoms with Crippen LogP contribution in [-0.2, 0) is 0 Å². The number of para-hydroxylation sites is 6. The Hall–Kier alpha value is -16.4. The monoisotopic (exact) mass is 1570 g/mol. The molecule has 0 aliphatic heterocycles. The lowest BCUT2D eigenvalue weighted by Gasteiger charge is -2.14. The van der Waals surface area contributed by atoms with E-state index in [0.717, 1.165) is 11.4 Å². The van der Waals surface area contributed by atoms with E-state index in [1.807, 2.05) is 0 Å². The summed E-state index contributed by atoms with van der Waals surface area (Å²) < 4.78 is 9.57. The van der Waals surface area contributed by atoms with Crippen molar-refractivity contribution >= 4 is 152 Å². The highest BCUT2D eigenvalue weighted by atomic mass is 15.0. The van der Waals surface area contributed by atoms with Crippen LogP contribution >= 0.6 is 0 Å². The van der Waals surface area contributed by atoms with Gasteiger partial charge in [-0.1, -0.05) is 322 Å². The minimum atomic E-state index is 1.15. The van der Waals surface area contributed by atoms with Gasteiger partial charge in [0.15, 0.2) is 0 Å². The van der Waals surface area contributed by atoms with Gasteiger partial charge in [-0.2, -0.15) is 0 Å². The SMILES string of the molecule is c1ccc(-n2c3ccccc3c3cc(-c4ccc5c(c4)c4ccccc4n5-c4ccc(-c5ccc(-c6cc7ccc8ccccc8c7c7ccccc67)cc5)cc4)ccc32)cc1.c1ccc(-n2c3ccccc3c3cc(-c4ccc5c(c4)c4ccccc4n5-c4ccc(-c5cccc(-c6cc7ccc8ccccc8c7c7ccccc67)c5)cc4)ccc32)cc1. The summed E-state index contributed by atoms with van der Waals surface area (Å²) in [6.45, 7) is 0. The van der Waals surface area contributed by atoms with E-state index in [-0.39, 0.29) is 0 Å². The van der Waals surface area contributed by atoms with E-state index in [1.165, 1.54) is 230 Å². The molecule has 0 spiro atoms. The molecule has 0 N–H and O–H groups in total. The lowest BCUT2D eigenvalue weighted by Crippen LogP contribution is -1.94. The second-order valence-electron chi connectivity index (χ2n) is 33.0. The molecule has 4 heteroatoms. The third-order valence-electron chi connectivity index (χ3n) is 26.2. The lowest BCUT2D eigenvalue weighted by molar-refractivity contribution is 1.18. The molecule has 0 aliphatic carbocycles. The van der Waals surface area contributed by atoms with Crippen molar-refractivity contribution in [3.8, 4) is 89.5 Å². The number of rotatable bonds is 10.